The maximum atomic E-state index is 12.4. The molecule has 0 radical (unpaired) electrons. The monoisotopic (exact) mass is 396 g/mol. The zero-order valence-corrected chi connectivity index (χ0v) is 12.6. The van der Waals surface area contributed by atoms with Gasteiger partial charge < -0.3 is 4.74 Å². The summed E-state index contributed by atoms with van der Waals surface area (Å²) >= 11 is 2.20. The maximum Gasteiger partial charge on any atom is 0.573 e. The van der Waals surface area contributed by atoms with Crippen molar-refractivity contribution in [2.45, 2.75) is 28.5 Å². The van der Waals surface area contributed by atoms with Gasteiger partial charge in [0.25, 0.3) is 0 Å². The van der Waals surface area contributed by atoms with E-state index in [-0.39, 0.29) is 5.56 Å². The lowest BCUT2D eigenvalue weighted by atomic mass is 10.1. The minimum absolute atomic E-state index is 0.101. The van der Waals surface area contributed by atoms with E-state index in [2.05, 4.69) is 20.7 Å². The van der Waals surface area contributed by atoms with E-state index >= 15 is 0 Å². The summed E-state index contributed by atoms with van der Waals surface area (Å²) in [6.45, 7) is 1.19. The third-order valence-corrected chi connectivity index (χ3v) is 4.01. The Morgan fingerprint density at radius 3 is 2.24 bits per heavy atom. The number of hydrogen-bond acceptors (Lipinski definition) is 3. The molecule has 0 N–H and O–H groups in total. The van der Waals surface area contributed by atoms with Gasteiger partial charge in [-0.1, -0.05) is 22.0 Å². The molecule has 1 unspecified atom stereocenters. The Labute approximate surface area is 128 Å². The predicted molar refractivity (Wildman–Crippen MR) is 67.4 cm³/mol. The number of hydrogen-bond donors (Lipinski definition) is 0. The van der Waals surface area contributed by atoms with Crippen molar-refractivity contribution >= 4 is 33.5 Å². The molecule has 0 fully saturated rings. The topological polar surface area (TPSA) is 26.3 Å². The third-order valence-electron chi connectivity index (χ3n) is 2.07. The van der Waals surface area contributed by atoms with Crippen molar-refractivity contribution in [1.82, 2.24) is 0 Å². The van der Waals surface area contributed by atoms with Gasteiger partial charge in [0.2, 0.25) is 0 Å². The van der Waals surface area contributed by atoms with Crippen LogP contribution in [0.1, 0.15) is 17.3 Å². The number of halogens is 7. The molecule has 0 aliphatic carbocycles. The van der Waals surface area contributed by atoms with Crippen molar-refractivity contribution in [3.8, 4) is 5.75 Å². The van der Waals surface area contributed by atoms with Crippen molar-refractivity contribution in [2.75, 3.05) is 0 Å². The van der Waals surface area contributed by atoms with Gasteiger partial charge >= 0.3 is 11.9 Å². The Morgan fingerprint density at radius 2 is 1.81 bits per heavy atom. The van der Waals surface area contributed by atoms with Crippen LogP contribution in [-0.2, 0) is 4.79 Å². The Morgan fingerprint density at radius 1 is 1.24 bits per heavy atom. The fourth-order valence-corrected chi connectivity index (χ4v) is 2.27. The molecular formula is C11H7BrF6O2S. The molecule has 10 heteroatoms. The Kier molecular flexibility index (Phi) is 5.59. The number of carbonyl (C=O) groups excluding carboxylic acids is 1. The number of benzene rings is 1. The summed E-state index contributed by atoms with van der Waals surface area (Å²) in [6, 6.07) is 2.66. The molecule has 21 heavy (non-hydrogen) atoms. The van der Waals surface area contributed by atoms with E-state index in [9.17, 15) is 31.1 Å². The highest BCUT2D eigenvalue weighted by Gasteiger charge is 2.36. The van der Waals surface area contributed by atoms with Crippen molar-refractivity contribution in [1.29, 1.82) is 0 Å². The zero-order valence-electron chi connectivity index (χ0n) is 10.2. The van der Waals surface area contributed by atoms with Crippen LogP contribution >= 0.6 is 27.7 Å². The van der Waals surface area contributed by atoms with Crippen LogP contribution < -0.4 is 4.74 Å². The summed E-state index contributed by atoms with van der Waals surface area (Å²) in [5.74, 6) is -1.38. The van der Waals surface area contributed by atoms with Gasteiger partial charge in [0, 0.05) is 0 Å². The van der Waals surface area contributed by atoms with Crippen molar-refractivity contribution in [3.63, 3.8) is 0 Å². The van der Waals surface area contributed by atoms with Crippen LogP contribution in [0.2, 0.25) is 0 Å². The van der Waals surface area contributed by atoms with Crippen molar-refractivity contribution < 1.29 is 35.9 Å². The fraction of sp³-hybridized carbons (Fsp3) is 0.364. The summed E-state index contributed by atoms with van der Waals surface area (Å²) in [6.07, 6.45) is -5.11. The van der Waals surface area contributed by atoms with Crippen LogP contribution in [-0.4, -0.2) is 17.7 Å². The summed E-state index contributed by atoms with van der Waals surface area (Å²) in [5.41, 5.74) is -4.69. The van der Waals surface area contributed by atoms with Crippen LogP contribution in [0.4, 0.5) is 26.3 Å². The minimum atomic E-state index is -5.11. The average Bonchev–Trinajstić information content (AvgIpc) is 2.26. The van der Waals surface area contributed by atoms with E-state index in [0.717, 1.165) is 18.2 Å². The number of Topliss-reactive ketones (excluding diaryl/α,β-unsaturated/α-hetero) is 1. The molecule has 0 saturated carbocycles. The standard InChI is InChI=1S/C11H7BrF6O2S/c1-5(19)9(12)6-2-3-7(20-10(13,14)15)8(4-6)21-11(16,17)18/h2-4,9H,1H3. The van der Waals surface area contributed by atoms with Crippen LogP contribution in [0, 0.1) is 0 Å². The largest absolute Gasteiger partial charge is 0.573 e. The molecule has 2 nitrogen and oxygen atoms in total. The second-order valence-electron chi connectivity index (χ2n) is 3.77. The molecule has 0 heterocycles. The summed E-state index contributed by atoms with van der Waals surface area (Å²) in [7, 11) is 0. The fourth-order valence-electron chi connectivity index (χ4n) is 1.33. The molecular weight excluding hydrogens is 390 g/mol. The van der Waals surface area contributed by atoms with Gasteiger partial charge in [0.05, 0.1) is 9.72 Å². The highest BCUT2D eigenvalue weighted by molar-refractivity contribution is 9.09. The van der Waals surface area contributed by atoms with Crippen LogP contribution in [0.3, 0.4) is 0 Å². The lowest BCUT2D eigenvalue weighted by Gasteiger charge is -2.16. The molecule has 0 aliphatic rings. The summed E-state index contributed by atoms with van der Waals surface area (Å²) in [5, 5.41) is 0. The van der Waals surface area contributed by atoms with E-state index in [1.807, 2.05) is 0 Å². The first-order valence-corrected chi connectivity index (χ1v) is 6.92. The van der Waals surface area contributed by atoms with E-state index in [1.165, 1.54) is 6.92 Å². The number of carbonyl (C=O) groups is 1. The highest BCUT2D eigenvalue weighted by Crippen LogP contribution is 2.44. The Balaban J connectivity index is 3.23. The molecule has 118 valence electrons. The molecule has 0 aromatic heterocycles. The molecule has 0 aliphatic heterocycles. The molecule has 1 rings (SSSR count). The number of rotatable bonds is 4. The Bertz CT molecular complexity index is 528. The number of alkyl halides is 7. The molecule has 1 aromatic carbocycles. The van der Waals surface area contributed by atoms with Gasteiger partial charge in [-0.05, 0) is 36.4 Å². The lowest BCUT2D eigenvalue weighted by molar-refractivity contribution is -0.275. The zero-order chi connectivity index (χ0) is 16.4. The number of ketones is 1. The SMILES string of the molecule is CC(=O)C(Br)c1ccc(OC(F)(F)F)c(SC(F)(F)F)c1. The molecule has 1 aromatic rings. The molecule has 0 amide bonds. The number of ether oxygens (including phenoxy) is 1. The van der Waals surface area contributed by atoms with Gasteiger partial charge in [0.1, 0.15) is 11.5 Å². The average molecular weight is 397 g/mol. The normalized spacial score (nSPS) is 13.9. The second kappa shape index (κ2) is 6.47. The molecule has 0 bridgehead atoms. The van der Waals surface area contributed by atoms with E-state index in [1.54, 1.807) is 0 Å². The minimum Gasteiger partial charge on any atom is -0.405 e. The van der Waals surface area contributed by atoms with E-state index in [0.29, 0.717) is 0 Å². The van der Waals surface area contributed by atoms with Crippen LogP contribution in [0.25, 0.3) is 0 Å². The first-order valence-electron chi connectivity index (χ1n) is 5.19. The predicted octanol–water partition coefficient (Wildman–Crippen LogP) is 5.22. The Hall–Kier alpha value is -0.900. The van der Waals surface area contributed by atoms with Crippen LogP contribution in [0.15, 0.2) is 23.1 Å². The summed E-state index contributed by atoms with van der Waals surface area (Å²) < 4.78 is 77.2. The number of thioether (sulfide) groups is 1. The van der Waals surface area contributed by atoms with E-state index in [4.69, 9.17) is 0 Å². The maximum absolute atomic E-state index is 12.4. The summed E-state index contributed by atoms with van der Waals surface area (Å²) in [4.78, 5) is 9.48. The van der Waals surface area contributed by atoms with E-state index < -0.39 is 44.9 Å². The van der Waals surface area contributed by atoms with Gasteiger partial charge in [-0.25, -0.2) is 0 Å². The smallest absolute Gasteiger partial charge is 0.405 e. The quantitative estimate of drug-likeness (QED) is 0.396. The molecule has 0 spiro atoms. The lowest BCUT2D eigenvalue weighted by Crippen LogP contribution is -2.18. The highest BCUT2D eigenvalue weighted by atomic mass is 79.9. The van der Waals surface area contributed by atoms with Crippen LogP contribution in [0.5, 0.6) is 5.75 Å². The van der Waals surface area contributed by atoms with Crippen molar-refractivity contribution in [3.05, 3.63) is 23.8 Å². The second-order valence-corrected chi connectivity index (χ2v) is 5.80. The van der Waals surface area contributed by atoms with Gasteiger partial charge in [0.15, 0.2) is 0 Å². The first kappa shape index (κ1) is 18.1. The van der Waals surface area contributed by atoms with Gasteiger partial charge in [-0.3, -0.25) is 4.79 Å². The third kappa shape index (κ3) is 6.16. The molecule has 1 atom stereocenters. The molecule has 0 saturated heterocycles. The van der Waals surface area contributed by atoms with Gasteiger partial charge in [-0.15, -0.1) is 13.2 Å². The van der Waals surface area contributed by atoms with Gasteiger partial charge in [-0.2, -0.15) is 13.2 Å². The first-order chi connectivity index (χ1) is 9.39. The van der Waals surface area contributed by atoms with Crippen molar-refractivity contribution in [2.24, 2.45) is 0 Å².